The predicted octanol–water partition coefficient (Wildman–Crippen LogP) is 3.36. The highest BCUT2D eigenvalue weighted by Gasteiger charge is 2.20. The number of carbonyl (C=O) groups is 2. The van der Waals surface area contributed by atoms with E-state index in [4.69, 9.17) is 11.6 Å². The summed E-state index contributed by atoms with van der Waals surface area (Å²) in [5.74, 6) is -1.59. The summed E-state index contributed by atoms with van der Waals surface area (Å²) in [6, 6.07) is 11.0. The zero-order chi connectivity index (χ0) is 15.2. The summed E-state index contributed by atoms with van der Waals surface area (Å²) in [4.78, 5) is 23.9. The van der Waals surface area contributed by atoms with Gasteiger partial charge in [0.1, 0.15) is 0 Å². The van der Waals surface area contributed by atoms with Crippen molar-refractivity contribution in [1.82, 2.24) is 5.32 Å². The van der Waals surface area contributed by atoms with Crippen molar-refractivity contribution in [3.05, 3.63) is 63.3 Å². The summed E-state index contributed by atoms with van der Waals surface area (Å²) < 4.78 is 0.628. The van der Waals surface area contributed by atoms with E-state index >= 15 is 0 Å². The first-order chi connectivity index (χ1) is 10.1. The number of hydrogen-bond donors (Lipinski definition) is 2. The van der Waals surface area contributed by atoms with Gasteiger partial charge in [-0.1, -0.05) is 41.9 Å². The molecule has 21 heavy (non-hydrogen) atoms. The molecule has 108 valence electrons. The van der Waals surface area contributed by atoms with Crippen molar-refractivity contribution in [2.24, 2.45) is 0 Å². The number of carboxylic acids is 1. The van der Waals surface area contributed by atoms with E-state index in [9.17, 15) is 14.7 Å². The van der Waals surface area contributed by atoms with E-state index in [0.717, 1.165) is 4.88 Å². The van der Waals surface area contributed by atoms with Crippen molar-refractivity contribution in [3.63, 3.8) is 0 Å². The molecule has 0 aliphatic rings. The summed E-state index contributed by atoms with van der Waals surface area (Å²) in [6.07, 6.45) is 2.89. The van der Waals surface area contributed by atoms with Crippen LogP contribution in [0.15, 0.2) is 48.5 Å². The molecule has 0 radical (unpaired) electrons. The number of carbonyl (C=O) groups excluding carboxylic acids is 1. The van der Waals surface area contributed by atoms with Crippen molar-refractivity contribution < 1.29 is 14.7 Å². The number of nitrogens with one attached hydrogen (secondary N) is 1. The molecule has 0 aliphatic carbocycles. The fraction of sp³-hybridized carbons (Fsp3) is 0.0667. The molecular formula is C15H12ClNO3S. The first-order valence-corrected chi connectivity index (χ1v) is 7.27. The number of benzene rings is 1. The van der Waals surface area contributed by atoms with E-state index in [1.54, 1.807) is 48.5 Å². The largest absolute Gasteiger partial charge is 0.479 e. The lowest BCUT2D eigenvalue weighted by Crippen LogP contribution is -2.32. The van der Waals surface area contributed by atoms with Gasteiger partial charge in [-0.25, -0.2) is 4.79 Å². The van der Waals surface area contributed by atoms with Gasteiger partial charge >= 0.3 is 5.97 Å². The van der Waals surface area contributed by atoms with Crippen molar-refractivity contribution >= 4 is 40.9 Å². The molecule has 0 fully saturated rings. The van der Waals surface area contributed by atoms with Crippen LogP contribution in [0, 0.1) is 0 Å². The minimum Gasteiger partial charge on any atom is -0.479 e. The van der Waals surface area contributed by atoms with Gasteiger partial charge in [0, 0.05) is 11.0 Å². The maximum absolute atomic E-state index is 11.8. The Kier molecular flexibility index (Phi) is 5.14. The van der Waals surface area contributed by atoms with Gasteiger partial charge in [0.2, 0.25) is 5.91 Å². The zero-order valence-corrected chi connectivity index (χ0v) is 12.4. The first-order valence-electron chi connectivity index (χ1n) is 6.08. The summed E-state index contributed by atoms with van der Waals surface area (Å²) in [5, 5.41) is 11.7. The van der Waals surface area contributed by atoms with Gasteiger partial charge in [0.25, 0.3) is 0 Å². The molecule has 4 nitrogen and oxygen atoms in total. The van der Waals surface area contributed by atoms with Gasteiger partial charge in [0.05, 0.1) is 4.34 Å². The van der Waals surface area contributed by atoms with Crippen LogP contribution < -0.4 is 5.32 Å². The van der Waals surface area contributed by atoms with Crippen LogP contribution in [0.25, 0.3) is 6.08 Å². The number of hydrogen-bond acceptors (Lipinski definition) is 3. The average Bonchev–Trinajstić information content (AvgIpc) is 2.89. The number of rotatable bonds is 5. The lowest BCUT2D eigenvalue weighted by molar-refractivity contribution is -0.141. The maximum Gasteiger partial charge on any atom is 0.330 e. The molecule has 1 amide bonds. The van der Waals surface area contributed by atoms with Crippen LogP contribution in [-0.2, 0) is 9.59 Å². The van der Waals surface area contributed by atoms with E-state index in [2.05, 4.69) is 5.32 Å². The highest BCUT2D eigenvalue weighted by molar-refractivity contribution is 7.17. The van der Waals surface area contributed by atoms with Crippen LogP contribution in [0.4, 0.5) is 0 Å². The van der Waals surface area contributed by atoms with Gasteiger partial charge in [-0.05, 0) is 23.8 Å². The van der Waals surface area contributed by atoms with Gasteiger partial charge in [-0.15, -0.1) is 11.3 Å². The van der Waals surface area contributed by atoms with Crippen LogP contribution in [0.3, 0.4) is 0 Å². The SMILES string of the molecule is O=C(/C=C/c1ccc(Cl)s1)NC(C(=O)O)c1ccccc1. The van der Waals surface area contributed by atoms with E-state index in [1.165, 1.54) is 17.4 Å². The van der Waals surface area contributed by atoms with Crippen LogP contribution in [0.5, 0.6) is 0 Å². The Hall–Kier alpha value is -2.11. The van der Waals surface area contributed by atoms with Crippen molar-refractivity contribution in [1.29, 1.82) is 0 Å². The molecule has 1 aromatic carbocycles. The molecule has 2 rings (SSSR count). The molecule has 0 bridgehead atoms. The quantitative estimate of drug-likeness (QED) is 0.830. The lowest BCUT2D eigenvalue weighted by atomic mass is 10.1. The van der Waals surface area contributed by atoms with E-state index < -0.39 is 17.9 Å². The van der Waals surface area contributed by atoms with Gasteiger partial charge in [-0.3, -0.25) is 4.79 Å². The van der Waals surface area contributed by atoms with E-state index in [1.807, 2.05) is 0 Å². The summed E-state index contributed by atoms with van der Waals surface area (Å²) in [6.45, 7) is 0. The van der Waals surface area contributed by atoms with Crippen LogP contribution in [-0.4, -0.2) is 17.0 Å². The third kappa shape index (κ3) is 4.44. The van der Waals surface area contributed by atoms with Crippen molar-refractivity contribution in [2.75, 3.05) is 0 Å². The molecule has 0 spiro atoms. The molecule has 1 unspecified atom stereocenters. The topological polar surface area (TPSA) is 66.4 Å². The van der Waals surface area contributed by atoms with Gasteiger partial charge in [-0.2, -0.15) is 0 Å². The molecule has 1 heterocycles. The Morgan fingerprint density at radius 1 is 1.19 bits per heavy atom. The highest BCUT2D eigenvalue weighted by Crippen LogP contribution is 2.22. The second kappa shape index (κ2) is 7.06. The summed E-state index contributed by atoms with van der Waals surface area (Å²) in [7, 11) is 0. The molecule has 2 aromatic rings. The number of halogens is 1. The zero-order valence-electron chi connectivity index (χ0n) is 10.8. The number of carboxylic acid groups (broad SMARTS) is 1. The monoisotopic (exact) mass is 321 g/mol. The third-order valence-electron chi connectivity index (χ3n) is 2.66. The Balaban J connectivity index is 2.05. The predicted molar refractivity (Wildman–Crippen MR) is 83.3 cm³/mol. The molecule has 2 N–H and O–H groups in total. The Morgan fingerprint density at radius 3 is 2.48 bits per heavy atom. The van der Waals surface area contributed by atoms with Crippen LogP contribution in [0.1, 0.15) is 16.5 Å². The summed E-state index contributed by atoms with van der Waals surface area (Å²) in [5.41, 5.74) is 0.519. The minimum absolute atomic E-state index is 0.476. The van der Waals surface area contributed by atoms with Crippen LogP contribution in [0.2, 0.25) is 4.34 Å². The number of amides is 1. The van der Waals surface area contributed by atoms with Gasteiger partial charge < -0.3 is 10.4 Å². The van der Waals surface area contributed by atoms with E-state index in [-0.39, 0.29) is 0 Å². The summed E-state index contributed by atoms with van der Waals surface area (Å²) >= 11 is 7.12. The fourth-order valence-corrected chi connectivity index (χ4v) is 2.66. The Labute approximate surface area is 130 Å². The standard InChI is InChI=1S/C15H12ClNO3S/c16-12-8-6-11(21-12)7-9-13(18)17-14(15(19)20)10-4-2-1-3-5-10/h1-9,14H,(H,17,18)(H,19,20)/b9-7+. The number of thiophene rings is 1. The van der Waals surface area contributed by atoms with Crippen molar-refractivity contribution in [3.8, 4) is 0 Å². The fourth-order valence-electron chi connectivity index (χ4n) is 1.70. The maximum atomic E-state index is 11.8. The minimum atomic E-state index is -1.11. The number of aliphatic carboxylic acids is 1. The first kappa shape index (κ1) is 15.3. The molecule has 1 atom stereocenters. The molecule has 6 heteroatoms. The van der Waals surface area contributed by atoms with E-state index in [0.29, 0.717) is 9.90 Å². The molecule has 1 aromatic heterocycles. The average molecular weight is 322 g/mol. The highest BCUT2D eigenvalue weighted by atomic mass is 35.5. The van der Waals surface area contributed by atoms with Gasteiger partial charge in [0.15, 0.2) is 6.04 Å². The second-order valence-electron chi connectivity index (χ2n) is 4.17. The molecule has 0 aliphatic heterocycles. The van der Waals surface area contributed by atoms with Crippen LogP contribution >= 0.6 is 22.9 Å². The Morgan fingerprint density at radius 2 is 1.90 bits per heavy atom. The van der Waals surface area contributed by atoms with Crippen molar-refractivity contribution in [2.45, 2.75) is 6.04 Å². The third-order valence-corrected chi connectivity index (χ3v) is 3.86. The normalized spacial score (nSPS) is 12.2. The smallest absolute Gasteiger partial charge is 0.330 e. The molecule has 0 saturated carbocycles. The molecular weight excluding hydrogens is 310 g/mol. The Bertz CT molecular complexity index is 667. The lowest BCUT2D eigenvalue weighted by Gasteiger charge is -2.13. The molecule has 0 saturated heterocycles. The second-order valence-corrected chi connectivity index (χ2v) is 5.91.